The van der Waals surface area contributed by atoms with Gasteiger partial charge in [0.25, 0.3) is 11.1 Å². The van der Waals surface area contributed by atoms with Crippen LogP contribution >= 0.6 is 11.8 Å². The molecule has 1 heterocycles. The van der Waals surface area contributed by atoms with Crippen molar-refractivity contribution in [3.63, 3.8) is 0 Å². The Balaban J connectivity index is 1.56. The summed E-state index contributed by atoms with van der Waals surface area (Å²) in [7, 11) is 0. The first-order valence-corrected chi connectivity index (χ1v) is 8.54. The molecule has 2 aromatic rings. The Morgan fingerprint density at radius 2 is 1.67 bits per heavy atom. The van der Waals surface area contributed by atoms with Gasteiger partial charge in [0, 0.05) is 18.7 Å². The third-order valence-corrected chi connectivity index (χ3v) is 4.57. The predicted octanol–water partition coefficient (Wildman–Crippen LogP) is 2.78. The number of nitrogens with zero attached hydrogens (tertiary/aromatic N) is 1. The van der Waals surface area contributed by atoms with E-state index in [9.17, 15) is 14.4 Å². The van der Waals surface area contributed by atoms with Crippen LogP contribution in [0.2, 0.25) is 0 Å². The smallest absolute Gasteiger partial charge is 0.288 e. The van der Waals surface area contributed by atoms with Gasteiger partial charge in [0.2, 0.25) is 5.91 Å². The van der Waals surface area contributed by atoms with Crippen LogP contribution in [-0.4, -0.2) is 40.8 Å². The average molecular weight is 340 g/mol. The molecule has 0 saturated carbocycles. The fourth-order valence-electron chi connectivity index (χ4n) is 2.43. The standard InChI is InChI=1S/C18H16N2O3S/c21-16-12-24-18(23)20(16)11-10-19-17(22)15-8-6-14(7-9-15)13-4-2-1-3-5-13/h1-9H,10-12H2,(H,19,22). The molecular formula is C18H16N2O3S. The van der Waals surface area contributed by atoms with Crippen molar-refractivity contribution in [3.05, 3.63) is 60.2 Å². The highest BCUT2D eigenvalue weighted by molar-refractivity contribution is 8.14. The molecule has 3 rings (SSSR count). The van der Waals surface area contributed by atoms with E-state index >= 15 is 0 Å². The number of nitrogens with one attached hydrogen (secondary N) is 1. The molecule has 3 amide bonds. The van der Waals surface area contributed by atoms with Gasteiger partial charge in [-0.05, 0) is 23.3 Å². The molecule has 24 heavy (non-hydrogen) atoms. The van der Waals surface area contributed by atoms with Crippen molar-refractivity contribution in [2.45, 2.75) is 0 Å². The zero-order valence-electron chi connectivity index (χ0n) is 12.9. The molecule has 0 unspecified atom stereocenters. The maximum Gasteiger partial charge on any atom is 0.288 e. The van der Waals surface area contributed by atoms with Gasteiger partial charge in [-0.2, -0.15) is 0 Å². The Morgan fingerprint density at radius 3 is 2.29 bits per heavy atom. The number of carbonyl (C=O) groups is 3. The fourth-order valence-corrected chi connectivity index (χ4v) is 3.18. The van der Waals surface area contributed by atoms with E-state index in [1.165, 1.54) is 4.90 Å². The molecule has 1 fully saturated rings. The summed E-state index contributed by atoms with van der Waals surface area (Å²) < 4.78 is 0. The maximum atomic E-state index is 12.1. The number of rotatable bonds is 5. The summed E-state index contributed by atoms with van der Waals surface area (Å²) in [6.45, 7) is 0.454. The van der Waals surface area contributed by atoms with E-state index in [1.807, 2.05) is 42.5 Å². The van der Waals surface area contributed by atoms with Crippen molar-refractivity contribution in [3.8, 4) is 11.1 Å². The van der Waals surface area contributed by atoms with E-state index < -0.39 is 0 Å². The monoisotopic (exact) mass is 340 g/mol. The van der Waals surface area contributed by atoms with Crippen LogP contribution in [0.5, 0.6) is 0 Å². The largest absolute Gasteiger partial charge is 0.350 e. The summed E-state index contributed by atoms with van der Waals surface area (Å²) in [5.74, 6) is -0.235. The normalized spacial score (nSPS) is 14.1. The summed E-state index contributed by atoms with van der Waals surface area (Å²) in [5, 5.41) is 2.48. The van der Waals surface area contributed by atoms with Gasteiger partial charge in [0.05, 0.1) is 5.75 Å². The first-order valence-electron chi connectivity index (χ1n) is 7.56. The van der Waals surface area contributed by atoms with Gasteiger partial charge in [-0.1, -0.05) is 54.2 Å². The van der Waals surface area contributed by atoms with Crippen molar-refractivity contribution in [2.24, 2.45) is 0 Å². The van der Waals surface area contributed by atoms with Gasteiger partial charge >= 0.3 is 0 Å². The lowest BCUT2D eigenvalue weighted by atomic mass is 10.0. The lowest BCUT2D eigenvalue weighted by Crippen LogP contribution is -2.37. The zero-order chi connectivity index (χ0) is 16.9. The van der Waals surface area contributed by atoms with Crippen LogP contribution in [0.3, 0.4) is 0 Å². The van der Waals surface area contributed by atoms with Crippen LogP contribution in [0, 0.1) is 0 Å². The molecule has 122 valence electrons. The molecule has 0 bridgehead atoms. The molecular weight excluding hydrogens is 324 g/mol. The van der Waals surface area contributed by atoms with Gasteiger partial charge in [0.1, 0.15) is 0 Å². The average Bonchev–Trinajstić information content (AvgIpc) is 2.94. The topological polar surface area (TPSA) is 66.5 Å². The van der Waals surface area contributed by atoms with Gasteiger partial charge in [-0.15, -0.1) is 0 Å². The number of hydrogen-bond donors (Lipinski definition) is 1. The highest BCUT2D eigenvalue weighted by Gasteiger charge is 2.29. The van der Waals surface area contributed by atoms with Crippen molar-refractivity contribution >= 4 is 28.8 Å². The highest BCUT2D eigenvalue weighted by Crippen LogP contribution is 2.19. The number of benzene rings is 2. The van der Waals surface area contributed by atoms with E-state index in [-0.39, 0.29) is 35.9 Å². The molecule has 1 N–H and O–H groups in total. The molecule has 1 saturated heterocycles. The molecule has 0 aliphatic carbocycles. The maximum absolute atomic E-state index is 12.1. The number of imide groups is 1. The molecule has 1 aliphatic rings. The molecule has 6 heteroatoms. The molecule has 5 nitrogen and oxygen atoms in total. The minimum absolute atomic E-state index is 0.188. The van der Waals surface area contributed by atoms with Crippen molar-refractivity contribution < 1.29 is 14.4 Å². The number of amides is 3. The van der Waals surface area contributed by atoms with Crippen LogP contribution in [0.15, 0.2) is 54.6 Å². The van der Waals surface area contributed by atoms with Crippen molar-refractivity contribution in [2.75, 3.05) is 18.8 Å². The molecule has 0 atom stereocenters. The van der Waals surface area contributed by atoms with Crippen LogP contribution < -0.4 is 5.32 Å². The predicted molar refractivity (Wildman–Crippen MR) is 93.8 cm³/mol. The SMILES string of the molecule is O=C(NCCN1C(=O)CSC1=O)c1ccc(-c2ccccc2)cc1. The van der Waals surface area contributed by atoms with E-state index in [0.717, 1.165) is 22.9 Å². The van der Waals surface area contributed by atoms with Crippen LogP contribution in [0.25, 0.3) is 11.1 Å². The Morgan fingerprint density at radius 1 is 1.00 bits per heavy atom. The number of carbonyl (C=O) groups excluding carboxylic acids is 3. The van der Waals surface area contributed by atoms with E-state index in [4.69, 9.17) is 0 Å². The quantitative estimate of drug-likeness (QED) is 0.909. The Bertz CT molecular complexity index is 744. The van der Waals surface area contributed by atoms with Crippen LogP contribution in [0.4, 0.5) is 4.79 Å². The zero-order valence-corrected chi connectivity index (χ0v) is 13.7. The van der Waals surface area contributed by atoms with E-state index in [0.29, 0.717) is 5.56 Å². The number of thioether (sulfide) groups is 1. The summed E-state index contributed by atoms with van der Waals surface area (Å²) in [6, 6.07) is 17.2. The lowest BCUT2D eigenvalue weighted by molar-refractivity contribution is -0.124. The molecule has 0 aromatic heterocycles. The second-order valence-electron chi connectivity index (χ2n) is 5.30. The molecule has 1 aliphatic heterocycles. The van der Waals surface area contributed by atoms with Gasteiger partial charge < -0.3 is 5.32 Å². The van der Waals surface area contributed by atoms with Crippen LogP contribution in [0.1, 0.15) is 10.4 Å². The third kappa shape index (κ3) is 3.65. The van der Waals surface area contributed by atoms with Gasteiger partial charge in [-0.3, -0.25) is 19.3 Å². The first kappa shape index (κ1) is 16.3. The summed E-state index contributed by atoms with van der Waals surface area (Å²) in [5.41, 5.74) is 2.67. The van der Waals surface area contributed by atoms with Gasteiger partial charge in [0.15, 0.2) is 0 Å². The summed E-state index contributed by atoms with van der Waals surface area (Å²) in [4.78, 5) is 36.2. The number of hydrogen-bond acceptors (Lipinski definition) is 4. The minimum atomic E-state index is -0.249. The minimum Gasteiger partial charge on any atom is -0.350 e. The summed E-state index contributed by atoms with van der Waals surface area (Å²) >= 11 is 0.993. The molecule has 0 radical (unpaired) electrons. The Kier molecular flexibility index (Phi) is 4.96. The Hall–Kier alpha value is -2.60. The van der Waals surface area contributed by atoms with E-state index in [1.54, 1.807) is 12.1 Å². The highest BCUT2D eigenvalue weighted by atomic mass is 32.2. The van der Waals surface area contributed by atoms with E-state index in [2.05, 4.69) is 5.32 Å². The van der Waals surface area contributed by atoms with Gasteiger partial charge in [-0.25, -0.2) is 0 Å². The fraction of sp³-hybridized carbons (Fsp3) is 0.167. The second-order valence-corrected chi connectivity index (χ2v) is 6.23. The lowest BCUT2D eigenvalue weighted by Gasteiger charge is -2.13. The Labute approximate surface area is 144 Å². The summed E-state index contributed by atoms with van der Waals surface area (Å²) in [6.07, 6.45) is 0. The second kappa shape index (κ2) is 7.31. The van der Waals surface area contributed by atoms with Crippen molar-refractivity contribution in [1.82, 2.24) is 10.2 Å². The molecule has 2 aromatic carbocycles. The first-order chi connectivity index (χ1) is 11.6. The third-order valence-electron chi connectivity index (χ3n) is 3.72. The van der Waals surface area contributed by atoms with Crippen molar-refractivity contribution in [1.29, 1.82) is 0 Å². The molecule has 0 spiro atoms. The van der Waals surface area contributed by atoms with Crippen LogP contribution in [-0.2, 0) is 4.79 Å².